The zero-order chi connectivity index (χ0) is 12.3. The average molecular weight is 224 g/mol. The molecule has 1 atom stereocenters. The SMILES string of the molecule is CC(c1ccccc1F)N(C)C(=O)C(N)=O. The maximum atomic E-state index is 13.4. The fraction of sp³-hybridized carbons (Fsp3) is 0.273. The van der Waals surface area contributed by atoms with E-state index in [1.165, 1.54) is 13.1 Å². The van der Waals surface area contributed by atoms with Crippen molar-refractivity contribution in [3.05, 3.63) is 35.6 Å². The van der Waals surface area contributed by atoms with Crippen LogP contribution < -0.4 is 5.73 Å². The van der Waals surface area contributed by atoms with Gasteiger partial charge in [-0.15, -0.1) is 0 Å². The zero-order valence-corrected chi connectivity index (χ0v) is 9.11. The van der Waals surface area contributed by atoms with E-state index in [0.717, 1.165) is 4.90 Å². The van der Waals surface area contributed by atoms with E-state index in [9.17, 15) is 14.0 Å². The van der Waals surface area contributed by atoms with Gasteiger partial charge in [-0.1, -0.05) is 18.2 Å². The second kappa shape index (κ2) is 4.74. The minimum absolute atomic E-state index is 0.347. The van der Waals surface area contributed by atoms with Gasteiger partial charge in [0.1, 0.15) is 5.82 Å². The van der Waals surface area contributed by atoms with Crippen molar-refractivity contribution in [1.29, 1.82) is 0 Å². The number of primary amides is 1. The predicted octanol–water partition coefficient (Wildman–Crippen LogP) is 0.830. The van der Waals surface area contributed by atoms with Crippen LogP contribution in [0.5, 0.6) is 0 Å². The summed E-state index contributed by atoms with van der Waals surface area (Å²) in [6, 6.07) is 5.54. The number of halogens is 1. The Kier molecular flexibility index (Phi) is 3.60. The number of nitrogens with zero attached hydrogens (tertiary/aromatic N) is 1. The highest BCUT2D eigenvalue weighted by atomic mass is 19.1. The van der Waals surface area contributed by atoms with E-state index in [0.29, 0.717) is 5.56 Å². The summed E-state index contributed by atoms with van der Waals surface area (Å²) >= 11 is 0. The average Bonchev–Trinajstić information content (AvgIpc) is 2.26. The number of amides is 2. The standard InChI is InChI=1S/C11H13FN2O2/c1-7(14(2)11(16)10(13)15)8-5-3-4-6-9(8)12/h3-7H,1-2H3,(H2,13,15). The number of hydrogen-bond donors (Lipinski definition) is 1. The zero-order valence-electron chi connectivity index (χ0n) is 9.11. The van der Waals surface area contributed by atoms with Gasteiger partial charge in [0.05, 0.1) is 6.04 Å². The lowest BCUT2D eigenvalue weighted by Crippen LogP contribution is -2.39. The van der Waals surface area contributed by atoms with Crippen LogP contribution >= 0.6 is 0 Å². The van der Waals surface area contributed by atoms with Gasteiger partial charge in [-0.3, -0.25) is 9.59 Å². The molecule has 0 aliphatic heterocycles. The first-order valence-electron chi connectivity index (χ1n) is 4.76. The molecule has 0 fully saturated rings. The summed E-state index contributed by atoms with van der Waals surface area (Å²) in [5.41, 5.74) is 5.21. The van der Waals surface area contributed by atoms with Crippen LogP contribution in [-0.4, -0.2) is 23.8 Å². The maximum absolute atomic E-state index is 13.4. The van der Waals surface area contributed by atoms with Gasteiger partial charge in [-0.25, -0.2) is 4.39 Å². The molecule has 0 saturated carbocycles. The Labute approximate surface area is 92.8 Å². The number of carbonyl (C=O) groups is 2. The molecule has 2 amide bonds. The first-order chi connectivity index (χ1) is 7.45. The molecule has 16 heavy (non-hydrogen) atoms. The van der Waals surface area contributed by atoms with E-state index in [1.54, 1.807) is 25.1 Å². The maximum Gasteiger partial charge on any atom is 0.311 e. The molecule has 4 nitrogen and oxygen atoms in total. The van der Waals surface area contributed by atoms with Crippen molar-refractivity contribution < 1.29 is 14.0 Å². The third-order valence-corrected chi connectivity index (χ3v) is 2.47. The monoisotopic (exact) mass is 224 g/mol. The Morgan fingerprint density at radius 1 is 1.38 bits per heavy atom. The van der Waals surface area contributed by atoms with Gasteiger partial charge in [0.15, 0.2) is 0 Å². The van der Waals surface area contributed by atoms with Crippen molar-refractivity contribution in [2.24, 2.45) is 5.73 Å². The van der Waals surface area contributed by atoms with E-state index in [4.69, 9.17) is 5.73 Å². The highest BCUT2D eigenvalue weighted by molar-refractivity contribution is 6.34. The fourth-order valence-electron chi connectivity index (χ4n) is 1.37. The van der Waals surface area contributed by atoms with Gasteiger partial charge in [-0.05, 0) is 13.0 Å². The summed E-state index contributed by atoms with van der Waals surface area (Å²) in [6.45, 7) is 1.62. The predicted molar refractivity (Wildman–Crippen MR) is 56.8 cm³/mol. The third-order valence-electron chi connectivity index (χ3n) is 2.47. The lowest BCUT2D eigenvalue weighted by atomic mass is 10.1. The number of nitrogens with two attached hydrogens (primary N) is 1. The molecule has 0 heterocycles. The Hall–Kier alpha value is -1.91. The van der Waals surface area contributed by atoms with Gasteiger partial charge in [0.2, 0.25) is 0 Å². The lowest BCUT2D eigenvalue weighted by Gasteiger charge is -2.24. The Bertz CT molecular complexity index is 420. The third kappa shape index (κ3) is 2.36. The van der Waals surface area contributed by atoms with Crippen molar-refractivity contribution in [3.63, 3.8) is 0 Å². The van der Waals surface area contributed by atoms with Crippen LogP contribution in [0.25, 0.3) is 0 Å². The topological polar surface area (TPSA) is 63.4 Å². The van der Waals surface area contributed by atoms with Crippen LogP contribution in [0, 0.1) is 5.82 Å². The number of rotatable bonds is 2. The molecule has 2 N–H and O–H groups in total. The molecule has 0 spiro atoms. The molecular weight excluding hydrogens is 211 g/mol. The minimum atomic E-state index is -1.05. The minimum Gasteiger partial charge on any atom is -0.361 e. The number of hydrogen-bond acceptors (Lipinski definition) is 2. The molecule has 1 unspecified atom stereocenters. The quantitative estimate of drug-likeness (QED) is 0.756. The van der Waals surface area contributed by atoms with Crippen molar-refractivity contribution >= 4 is 11.8 Å². The second-order valence-corrected chi connectivity index (χ2v) is 3.48. The first kappa shape index (κ1) is 12.2. The molecule has 1 rings (SSSR count). The van der Waals surface area contributed by atoms with E-state index >= 15 is 0 Å². The molecule has 0 aliphatic rings. The van der Waals surface area contributed by atoms with Gasteiger partial charge in [0.25, 0.3) is 0 Å². The molecule has 1 aromatic rings. The molecular formula is C11H13FN2O2. The lowest BCUT2D eigenvalue weighted by molar-refractivity contribution is -0.144. The Balaban J connectivity index is 2.94. The van der Waals surface area contributed by atoms with Crippen LogP contribution in [-0.2, 0) is 9.59 Å². The van der Waals surface area contributed by atoms with Gasteiger partial charge in [-0.2, -0.15) is 0 Å². The normalized spacial score (nSPS) is 11.9. The van der Waals surface area contributed by atoms with Crippen molar-refractivity contribution in [1.82, 2.24) is 4.90 Å². The smallest absolute Gasteiger partial charge is 0.311 e. The van der Waals surface area contributed by atoms with E-state index in [-0.39, 0.29) is 0 Å². The second-order valence-electron chi connectivity index (χ2n) is 3.48. The van der Waals surface area contributed by atoms with Gasteiger partial charge < -0.3 is 10.6 Å². The number of benzene rings is 1. The highest BCUT2D eigenvalue weighted by Gasteiger charge is 2.22. The van der Waals surface area contributed by atoms with Crippen LogP contribution in [0.15, 0.2) is 24.3 Å². The molecule has 0 bridgehead atoms. The summed E-state index contributed by atoms with van der Waals surface area (Å²) in [6.07, 6.45) is 0. The fourth-order valence-corrected chi connectivity index (χ4v) is 1.37. The van der Waals surface area contributed by atoms with Crippen molar-refractivity contribution in [3.8, 4) is 0 Å². The van der Waals surface area contributed by atoms with Crippen molar-refractivity contribution in [2.75, 3.05) is 7.05 Å². The summed E-state index contributed by atoms with van der Waals surface area (Å²) in [4.78, 5) is 23.1. The largest absolute Gasteiger partial charge is 0.361 e. The molecule has 86 valence electrons. The molecule has 0 aromatic heterocycles. The molecule has 0 saturated heterocycles. The first-order valence-corrected chi connectivity index (χ1v) is 4.76. The summed E-state index contributed by atoms with van der Waals surface area (Å²) in [5, 5.41) is 0. The van der Waals surface area contributed by atoms with Crippen LogP contribution in [0.3, 0.4) is 0 Å². The molecule has 1 aromatic carbocycles. The summed E-state index contributed by atoms with van der Waals surface area (Å²) < 4.78 is 13.4. The van der Waals surface area contributed by atoms with Crippen LogP contribution in [0.2, 0.25) is 0 Å². The molecule has 0 radical (unpaired) electrons. The Morgan fingerprint density at radius 2 is 1.94 bits per heavy atom. The molecule has 5 heteroatoms. The summed E-state index contributed by atoms with van der Waals surface area (Å²) in [7, 11) is 1.41. The van der Waals surface area contributed by atoms with E-state index in [1.807, 2.05) is 0 Å². The van der Waals surface area contributed by atoms with Crippen LogP contribution in [0.4, 0.5) is 4.39 Å². The van der Waals surface area contributed by atoms with E-state index < -0.39 is 23.7 Å². The van der Waals surface area contributed by atoms with Crippen LogP contribution in [0.1, 0.15) is 18.5 Å². The number of carbonyl (C=O) groups excluding carboxylic acids is 2. The summed E-state index contributed by atoms with van der Waals surface area (Å²) in [5.74, 6) is -2.31. The van der Waals surface area contributed by atoms with Gasteiger partial charge >= 0.3 is 11.8 Å². The molecule has 0 aliphatic carbocycles. The Morgan fingerprint density at radius 3 is 2.44 bits per heavy atom. The van der Waals surface area contributed by atoms with E-state index in [2.05, 4.69) is 0 Å². The number of likely N-dealkylation sites (N-methyl/N-ethyl adjacent to an activating group) is 1. The van der Waals surface area contributed by atoms with Crippen molar-refractivity contribution in [2.45, 2.75) is 13.0 Å². The highest BCUT2D eigenvalue weighted by Crippen LogP contribution is 2.21. The van der Waals surface area contributed by atoms with Gasteiger partial charge in [0, 0.05) is 12.6 Å².